The van der Waals surface area contributed by atoms with Crippen molar-refractivity contribution in [1.29, 1.82) is 0 Å². The maximum atomic E-state index is 13.2. The molecule has 0 aromatic carbocycles. The van der Waals surface area contributed by atoms with Crippen LogP contribution in [0.4, 0.5) is 8.78 Å². The molecule has 7 heteroatoms. The van der Waals surface area contributed by atoms with E-state index in [1.807, 2.05) is 0 Å². The van der Waals surface area contributed by atoms with Gasteiger partial charge in [0.15, 0.2) is 0 Å². The van der Waals surface area contributed by atoms with Crippen LogP contribution >= 0.6 is 0 Å². The van der Waals surface area contributed by atoms with E-state index < -0.39 is 29.7 Å². The third-order valence-electron chi connectivity index (χ3n) is 4.53. The van der Waals surface area contributed by atoms with E-state index in [0.717, 1.165) is 12.8 Å². The zero-order valence-electron chi connectivity index (χ0n) is 12.7. The lowest BCUT2D eigenvalue weighted by Gasteiger charge is -2.37. The summed E-state index contributed by atoms with van der Waals surface area (Å²) in [4.78, 5) is 36.4. The lowest BCUT2D eigenvalue weighted by atomic mass is 9.90. The number of hydrogen-bond acceptors (Lipinski definition) is 3. The highest BCUT2D eigenvalue weighted by Crippen LogP contribution is 2.35. The van der Waals surface area contributed by atoms with Crippen LogP contribution in [0.15, 0.2) is 0 Å². The predicted molar refractivity (Wildman–Crippen MR) is 75.3 cm³/mol. The molecule has 2 amide bonds. The largest absolute Gasteiger partial charge is 0.349 e. The highest BCUT2D eigenvalue weighted by atomic mass is 19.3. The van der Waals surface area contributed by atoms with Crippen molar-refractivity contribution >= 4 is 18.1 Å². The minimum Gasteiger partial charge on any atom is -0.349 e. The van der Waals surface area contributed by atoms with Crippen molar-refractivity contribution in [2.45, 2.75) is 63.5 Å². The average molecular weight is 316 g/mol. The van der Waals surface area contributed by atoms with Crippen LogP contribution < -0.4 is 5.32 Å². The van der Waals surface area contributed by atoms with Gasteiger partial charge >= 0.3 is 0 Å². The Labute approximate surface area is 128 Å². The monoisotopic (exact) mass is 316 g/mol. The van der Waals surface area contributed by atoms with Crippen molar-refractivity contribution in [2.75, 3.05) is 6.54 Å². The number of ketones is 1. The molecule has 0 aromatic heterocycles. The number of Topliss-reactive ketones (excluding diaryl/α,β-unsaturated/α-hetero) is 1. The number of hydrogen-bond donors (Lipinski definition) is 1. The third-order valence-corrected chi connectivity index (χ3v) is 4.53. The van der Waals surface area contributed by atoms with Gasteiger partial charge in [-0.15, -0.1) is 0 Å². The second kappa shape index (κ2) is 6.71. The Hall–Kier alpha value is -1.53. The summed E-state index contributed by atoms with van der Waals surface area (Å²) in [5.74, 6) is -3.63. The molecule has 0 saturated heterocycles. The van der Waals surface area contributed by atoms with Gasteiger partial charge in [-0.1, -0.05) is 0 Å². The van der Waals surface area contributed by atoms with Gasteiger partial charge in [0.05, 0.1) is 6.04 Å². The number of carbonyl (C=O) groups excluding carboxylic acids is 3. The second-order valence-corrected chi connectivity index (χ2v) is 6.33. The molecule has 2 rings (SSSR count). The van der Waals surface area contributed by atoms with Crippen LogP contribution in [0.5, 0.6) is 0 Å². The number of halogens is 2. The van der Waals surface area contributed by atoms with E-state index in [0.29, 0.717) is 18.9 Å². The summed E-state index contributed by atoms with van der Waals surface area (Å²) in [6, 6.07) is -1.33. The van der Waals surface area contributed by atoms with Gasteiger partial charge in [0.1, 0.15) is 0 Å². The molecule has 1 unspecified atom stereocenters. The lowest BCUT2D eigenvalue weighted by Crippen LogP contribution is -2.51. The molecule has 124 valence electrons. The van der Waals surface area contributed by atoms with Crippen molar-refractivity contribution < 1.29 is 23.2 Å². The minimum atomic E-state index is -2.69. The molecule has 0 heterocycles. The van der Waals surface area contributed by atoms with Gasteiger partial charge in [0.2, 0.25) is 18.1 Å². The van der Waals surface area contributed by atoms with E-state index in [4.69, 9.17) is 0 Å². The van der Waals surface area contributed by atoms with Gasteiger partial charge in [0.25, 0.3) is 5.91 Å². The van der Waals surface area contributed by atoms with E-state index in [1.165, 1.54) is 11.8 Å². The molecule has 2 aliphatic rings. The van der Waals surface area contributed by atoms with E-state index in [-0.39, 0.29) is 25.7 Å². The summed E-state index contributed by atoms with van der Waals surface area (Å²) in [5, 5.41) is 2.57. The van der Waals surface area contributed by atoms with Gasteiger partial charge in [-0.25, -0.2) is 8.78 Å². The molecule has 1 N–H and O–H groups in total. The van der Waals surface area contributed by atoms with Crippen LogP contribution in [0.2, 0.25) is 0 Å². The molecule has 1 atom stereocenters. The molecule has 2 aliphatic carbocycles. The van der Waals surface area contributed by atoms with Crippen LogP contribution in [0.3, 0.4) is 0 Å². The van der Waals surface area contributed by atoms with E-state index in [2.05, 4.69) is 5.32 Å². The average Bonchev–Trinajstić information content (AvgIpc) is 3.30. The molecule has 0 aliphatic heterocycles. The molecule has 2 fully saturated rings. The number of amides is 2. The quantitative estimate of drug-likeness (QED) is 0.572. The van der Waals surface area contributed by atoms with Gasteiger partial charge in [-0.05, 0) is 38.5 Å². The van der Waals surface area contributed by atoms with E-state index in [1.54, 1.807) is 0 Å². The summed E-state index contributed by atoms with van der Waals surface area (Å²) < 4.78 is 26.4. The van der Waals surface area contributed by atoms with Gasteiger partial charge in [-0.3, -0.25) is 14.4 Å². The summed E-state index contributed by atoms with van der Waals surface area (Å²) in [7, 11) is 0. The van der Waals surface area contributed by atoms with Gasteiger partial charge in [0, 0.05) is 25.4 Å². The highest BCUT2D eigenvalue weighted by molar-refractivity contribution is 6.38. The van der Waals surface area contributed by atoms with Crippen LogP contribution in [-0.2, 0) is 14.4 Å². The maximum Gasteiger partial charge on any atom is 0.289 e. The zero-order chi connectivity index (χ0) is 16.3. The predicted octanol–water partition coefficient (Wildman–Crippen LogP) is 1.51. The van der Waals surface area contributed by atoms with E-state index >= 15 is 0 Å². The van der Waals surface area contributed by atoms with Crippen LogP contribution in [0.25, 0.3) is 0 Å². The lowest BCUT2D eigenvalue weighted by molar-refractivity contribution is -0.144. The Bertz CT molecular complexity index is 442. The SMILES string of the molecule is CC(C(=O)C(=O)NCC1CC1)N(C=O)C1CCC(F)(F)CC1. The minimum absolute atomic E-state index is 0.146. The summed E-state index contributed by atoms with van der Waals surface area (Å²) in [6.45, 7) is 1.95. The Morgan fingerprint density at radius 1 is 1.27 bits per heavy atom. The normalized spacial score (nSPS) is 22.7. The molecule has 22 heavy (non-hydrogen) atoms. The van der Waals surface area contributed by atoms with Crippen molar-refractivity contribution in [3.8, 4) is 0 Å². The fraction of sp³-hybridized carbons (Fsp3) is 0.800. The van der Waals surface area contributed by atoms with Crippen molar-refractivity contribution in [3.05, 3.63) is 0 Å². The molecule has 0 spiro atoms. The Balaban J connectivity index is 1.89. The van der Waals surface area contributed by atoms with E-state index in [9.17, 15) is 23.2 Å². The molecule has 2 saturated carbocycles. The number of carbonyl (C=O) groups is 3. The first kappa shape index (κ1) is 16.8. The second-order valence-electron chi connectivity index (χ2n) is 6.33. The molecule has 0 bridgehead atoms. The Morgan fingerprint density at radius 2 is 1.86 bits per heavy atom. The van der Waals surface area contributed by atoms with Crippen molar-refractivity contribution in [3.63, 3.8) is 0 Å². The Morgan fingerprint density at radius 3 is 2.36 bits per heavy atom. The third kappa shape index (κ3) is 4.24. The van der Waals surface area contributed by atoms with Gasteiger partial charge in [-0.2, -0.15) is 0 Å². The molecular formula is C15H22F2N2O3. The number of alkyl halides is 2. The first-order valence-corrected chi connectivity index (χ1v) is 7.76. The van der Waals surface area contributed by atoms with Gasteiger partial charge < -0.3 is 10.2 Å². The van der Waals surface area contributed by atoms with Crippen molar-refractivity contribution in [1.82, 2.24) is 10.2 Å². The fourth-order valence-electron chi connectivity index (χ4n) is 2.79. The summed E-state index contributed by atoms with van der Waals surface area (Å²) in [5.41, 5.74) is 0. The van der Waals surface area contributed by atoms with Crippen LogP contribution in [0.1, 0.15) is 45.4 Å². The number of rotatable bonds is 7. The molecule has 0 radical (unpaired) electrons. The zero-order valence-corrected chi connectivity index (χ0v) is 12.7. The standard InChI is InChI=1S/C15H22F2N2O3/c1-10(13(21)14(22)18-8-11-2-3-11)19(9-20)12-4-6-15(16,17)7-5-12/h9-12H,2-8H2,1H3,(H,18,22). The topological polar surface area (TPSA) is 66.5 Å². The number of nitrogens with zero attached hydrogens (tertiary/aromatic N) is 1. The van der Waals surface area contributed by atoms with Crippen molar-refractivity contribution in [2.24, 2.45) is 5.92 Å². The Kier molecular flexibility index (Phi) is 5.13. The smallest absolute Gasteiger partial charge is 0.289 e. The highest BCUT2D eigenvalue weighted by Gasteiger charge is 2.39. The van der Waals surface area contributed by atoms with Crippen LogP contribution in [-0.4, -0.2) is 47.6 Å². The fourth-order valence-corrected chi connectivity index (χ4v) is 2.79. The molecule has 5 nitrogen and oxygen atoms in total. The summed E-state index contributed by atoms with van der Waals surface area (Å²) >= 11 is 0. The molecular weight excluding hydrogens is 294 g/mol. The first-order valence-electron chi connectivity index (χ1n) is 7.76. The number of nitrogens with one attached hydrogen (secondary N) is 1. The summed E-state index contributed by atoms with van der Waals surface area (Å²) in [6.07, 6.45) is 2.31. The molecule has 0 aromatic rings. The first-order chi connectivity index (χ1) is 10.3. The maximum absolute atomic E-state index is 13.2. The van der Waals surface area contributed by atoms with Crippen LogP contribution in [0, 0.1) is 5.92 Å².